The normalized spacial score (nSPS) is 11.5. The summed E-state index contributed by atoms with van der Waals surface area (Å²) in [5.41, 5.74) is 3.33. The number of pyridine rings is 1. The summed E-state index contributed by atoms with van der Waals surface area (Å²) < 4.78 is 0. The maximum absolute atomic E-state index is 4.64. The molecule has 0 aliphatic heterocycles. The largest absolute Gasteiger partial charge is 0.360 e. The van der Waals surface area contributed by atoms with Gasteiger partial charge in [-0.05, 0) is 38.6 Å². The van der Waals surface area contributed by atoms with Crippen molar-refractivity contribution in [1.29, 1.82) is 0 Å². The van der Waals surface area contributed by atoms with E-state index in [2.05, 4.69) is 70.4 Å². The van der Waals surface area contributed by atoms with Crippen LogP contribution in [-0.4, -0.2) is 60.9 Å². The fourth-order valence-corrected chi connectivity index (χ4v) is 2.68. The van der Waals surface area contributed by atoms with Gasteiger partial charge in [0, 0.05) is 50.6 Å². The zero-order valence-corrected chi connectivity index (χ0v) is 16.2. The van der Waals surface area contributed by atoms with Crippen molar-refractivity contribution in [1.82, 2.24) is 25.4 Å². The van der Waals surface area contributed by atoms with Gasteiger partial charge in [-0.2, -0.15) is 5.10 Å². The molecule has 0 atom stereocenters. The van der Waals surface area contributed by atoms with Crippen molar-refractivity contribution >= 4 is 5.82 Å². The van der Waals surface area contributed by atoms with Crippen LogP contribution >= 0.6 is 0 Å². The molecule has 0 unspecified atom stereocenters. The summed E-state index contributed by atoms with van der Waals surface area (Å²) in [5.74, 6) is 1.71. The van der Waals surface area contributed by atoms with Crippen molar-refractivity contribution in [2.24, 2.45) is 5.92 Å². The van der Waals surface area contributed by atoms with Gasteiger partial charge in [-0.25, -0.2) is 4.98 Å². The van der Waals surface area contributed by atoms with Gasteiger partial charge in [-0.1, -0.05) is 13.8 Å². The molecule has 0 aromatic carbocycles. The smallest absolute Gasteiger partial charge is 0.128 e. The van der Waals surface area contributed by atoms with Gasteiger partial charge in [-0.3, -0.25) is 5.10 Å². The van der Waals surface area contributed by atoms with Crippen LogP contribution in [0, 0.1) is 5.92 Å². The first-order valence-corrected chi connectivity index (χ1v) is 9.04. The van der Waals surface area contributed by atoms with Crippen LogP contribution in [0.1, 0.15) is 25.8 Å². The Hall–Kier alpha value is -1.92. The molecule has 2 N–H and O–H groups in total. The molecular weight excluding hydrogens is 312 g/mol. The number of anilines is 1. The van der Waals surface area contributed by atoms with E-state index in [9.17, 15) is 0 Å². The molecule has 6 heteroatoms. The minimum atomic E-state index is 0.703. The van der Waals surface area contributed by atoms with E-state index in [-0.39, 0.29) is 0 Å². The number of hydrogen-bond acceptors (Lipinski definition) is 5. The number of nitrogens with one attached hydrogen (secondary N) is 2. The Morgan fingerprint density at radius 1 is 1.16 bits per heavy atom. The van der Waals surface area contributed by atoms with Crippen molar-refractivity contribution in [3.63, 3.8) is 0 Å². The Labute approximate surface area is 151 Å². The van der Waals surface area contributed by atoms with Gasteiger partial charge in [0.05, 0.1) is 11.9 Å². The van der Waals surface area contributed by atoms with Crippen molar-refractivity contribution in [2.75, 3.05) is 45.7 Å². The molecule has 2 rings (SSSR count). The zero-order valence-electron chi connectivity index (χ0n) is 16.2. The second-order valence-electron chi connectivity index (χ2n) is 7.12. The Morgan fingerprint density at radius 3 is 2.60 bits per heavy atom. The molecule has 138 valence electrons. The SMILES string of the molecule is CNCCN(C)Cc1cn[nH]c1-c1ccc(N(C)CCC(C)C)nc1. The van der Waals surface area contributed by atoms with Crippen LogP contribution in [0.3, 0.4) is 0 Å². The predicted molar refractivity (Wildman–Crippen MR) is 105 cm³/mol. The van der Waals surface area contributed by atoms with E-state index in [1.54, 1.807) is 0 Å². The van der Waals surface area contributed by atoms with Gasteiger partial charge in [-0.15, -0.1) is 0 Å². The summed E-state index contributed by atoms with van der Waals surface area (Å²) in [6.07, 6.45) is 5.02. The summed E-state index contributed by atoms with van der Waals surface area (Å²) in [5, 5.41) is 10.5. The van der Waals surface area contributed by atoms with E-state index in [0.29, 0.717) is 5.92 Å². The summed E-state index contributed by atoms with van der Waals surface area (Å²) in [4.78, 5) is 9.13. The van der Waals surface area contributed by atoms with Crippen LogP contribution in [-0.2, 0) is 6.54 Å². The third-order valence-electron chi connectivity index (χ3n) is 4.37. The molecular formula is C19H32N6. The molecule has 6 nitrogen and oxygen atoms in total. The molecule has 0 spiro atoms. The van der Waals surface area contributed by atoms with Gasteiger partial charge in [0.1, 0.15) is 5.82 Å². The van der Waals surface area contributed by atoms with E-state index < -0.39 is 0 Å². The second kappa shape index (κ2) is 9.53. The van der Waals surface area contributed by atoms with Crippen LogP contribution in [0.2, 0.25) is 0 Å². The van der Waals surface area contributed by atoms with Crippen LogP contribution in [0.15, 0.2) is 24.5 Å². The highest BCUT2D eigenvalue weighted by Crippen LogP contribution is 2.23. The Morgan fingerprint density at radius 2 is 1.96 bits per heavy atom. The molecule has 0 aliphatic carbocycles. The van der Waals surface area contributed by atoms with Crippen molar-refractivity contribution in [3.8, 4) is 11.3 Å². The number of nitrogens with zero attached hydrogens (tertiary/aromatic N) is 4. The van der Waals surface area contributed by atoms with E-state index >= 15 is 0 Å². The van der Waals surface area contributed by atoms with E-state index in [0.717, 1.165) is 43.3 Å². The quantitative estimate of drug-likeness (QED) is 0.694. The monoisotopic (exact) mass is 344 g/mol. The molecule has 0 saturated carbocycles. The number of hydrogen-bond donors (Lipinski definition) is 2. The third kappa shape index (κ3) is 5.83. The van der Waals surface area contributed by atoms with E-state index in [1.165, 1.54) is 12.0 Å². The van der Waals surface area contributed by atoms with Gasteiger partial charge < -0.3 is 15.1 Å². The summed E-state index contributed by atoms with van der Waals surface area (Å²) in [6.45, 7) is 8.36. The molecule has 0 radical (unpaired) electrons. The van der Waals surface area contributed by atoms with Crippen molar-refractivity contribution in [3.05, 3.63) is 30.1 Å². The number of aromatic amines is 1. The number of rotatable bonds is 10. The molecule has 0 bridgehead atoms. The summed E-state index contributed by atoms with van der Waals surface area (Å²) in [7, 11) is 6.20. The molecule has 0 amide bonds. The predicted octanol–water partition coefficient (Wildman–Crippen LogP) is 2.61. The van der Waals surface area contributed by atoms with Crippen molar-refractivity contribution < 1.29 is 0 Å². The van der Waals surface area contributed by atoms with E-state index in [1.807, 2.05) is 19.4 Å². The number of likely N-dealkylation sites (N-methyl/N-ethyl adjacent to an activating group) is 2. The second-order valence-corrected chi connectivity index (χ2v) is 7.12. The van der Waals surface area contributed by atoms with Crippen LogP contribution in [0.25, 0.3) is 11.3 Å². The first-order chi connectivity index (χ1) is 12.0. The lowest BCUT2D eigenvalue weighted by Crippen LogP contribution is -2.27. The Bertz CT molecular complexity index is 619. The van der Waals surface area contributed by atoms with Crippen LogP contribution < -0.4 is 10.2 Å². The standard InChI is InChI=1S/C19H32N6/c1-15(2)8-10-25(5)18-7-6-16(12-21-18)19-17(13-22-23-19)14-24(4)11-9-20-3/h6-7,12-13,15,20H,8-11,14H2,1-5H3,(H,22,23). The van der Waals surface area contributed by atoms with Gasteiger partial charge in [0.2, 0.25) is 0 Å². The number of H-pyrrole nitrogens is 1. The highest BCUT2D eigenvalue weighted by atomic mass is 15.2. The molecule has 25 heavy (non-hydrogen) atoms. The average molecular weight is 345 g/mol. The molecule has 2 aromatic rings. The third-order valence-corrected chi connectivity index (χ3v) is 4.37. The van der Waals surface area contributed by atoms with Crippen molar-refractivity contribution in [2.45, 2.75) is 26.8 Å². The first kappa shape index (κ1) is 19.4. The van der Waals surface area contributed by atoms with Gasteiger partial charge in [0.25, 0.3) is 0 Å². The average Bonchev–Trinajstić information content (AvgIpc) is 3.06. The van der Waals surface area contributed by atoms with Crippen LogP contribution in [0.4, 0.5) is 5.82 Å². The maximum atomic E-state index is 4.64. The fraction of sp³-hybridized carbons (Fsp3) is 0.579. The molecule has 0 saturated heterocycles. The summed E-state index contributed by atoms with van der Waals surface area (Å²) in [6, 6.07) is 4.21. The minimum absolute atomic E-state index is 0.703. The van der Waals surface area contributed by atoms with Gasteiger partial charge in [0.15, 0.2) is 0 Å². The van der Waals surface area contributed by atoms with E-state index in [4.69, 9.17) is 0 Å². The van der Waals surface area contributed by atoms with Gasteiger partial charge >= 0.3 is 0 Å². The Kier molecular flexibility index (Phi) is 7.40. The fourth-order valence-electron chi connectivity index (χ4n) is 2.68. The molecule has 0 aliphatic rings. The lowest BCUT2D eigenvalue weighted by Gasteiger charge is -2.19. The molecule has 2 aromatic heterocycles. The first-order valence-electron chi connectivity index (χ1n) is 9.04. The van der Waals surface area contributed by atoms with Crippen LogP contribution in [0.5, 0.6) is 0 Å². The number of aromatic nitrogens is 3. The highest BCUT2D eigenvalue weighted by molar-refractivity contribution is 5.63. The summed E-state index contributed by atoms with van der Waals surface area (Å²) >= 11 is 0. The topological polar surface area (TPSA) is 60.1 Å². The molecule has 2 heterocycles. The lowest BCUT2D eigenvalue weighted by atomic mass is 10.1. The highest BCUT2D eigenvalue weighted by Gasteiger charge is 2.11. The lowest BCUT2D eigenvalue weighted by molar-refractivity contribution is 0.328. The zero-order chi connectivity index (χ0) is 18.2. The minimum Gasteiger partial charge on any atom is -0.360 e. The Balaban J connectivity index is 2.04. The molecule has 0 fully saturated rings. The maximum Gasteiger partial charge on any atom is 0.128 e.